The van der Waals surface area contributed by atoms with Gasteiger partial charge in [-0.05, 0) is 31.5 Å². The highest BCUT2D eigenvalue weighted by molar-refractivity contribution is 6.06. The topological polar surface area (TPSA) is 90.4 Å². The number of carbonyl (C=O) groups excluding carboxylic acids is 3. The molecule has 140 valence electrons. The van der Waals surface area contributed by atoms with Crippen molar-refractivity contribution in [2.24, 2.45) is 0 Å². The molecule has 8 nitrogen and oxygen atoms in total. The molecule has 1 aromatic carbocycles. The molecule has 0 aliphatic carbocycles. The van der Waals surface area contributed by atoms with Gasteiger partial charge in [-0.2, -0.15) is 0 Å². The second kappa shape index (κ2) is 7.57. The van der Waals surface area contributed by atoms with Crippen LogP contribution in [0.25, 0.3) is 6.08 Å². The maximum atomic E-state index is 12.5. The normalized spacial score (nSPS) is 17.2. The van der Waals surface area contributed by atoms with Crippen LogP contribution in [0.4, 0.5) is 4.79 Å². The van der Waals surface area contributed by atoms with Crippen molar-refractivity contribution in [2.45, 2.75) is 25.4 Å². The Labute approximate surface area is 152 Å². The van der Waals surface area contributed by atoms with Gasteiger partial charge in [-0.3, -0.25) is 19.7 Å². The molecule has 1 aromatic rings. The standard InChI is InChI=1S/C18H23N3O5/c1-5-13-6-8-15(9-7-13)26-11-14(21(25)12-22)10-20-16(23)18(2,3)19(4)17(20)24/h5-9,12,14,25H,1,10-11H2,2-4H3. The number of urea groups is 1. The van der Waals surface area contributed by atoms with Crippen LogP contribution in [0.15, 0.2) is 30.8 Å². The molecule has 1 N–H and O–H groups in total. The third-order valence-electron chi connectivity index (χ3n) is 4.56. The Balaban J connectivity index is 2.10. The molecule has 2 rings (SSSR count). The summed E-state index contributed by atoms with van der Waals surface area (Å²) in [5.74, 6) is 0.126. The number of hydrogen-bond acceptors (Lipinski definition) is 5. The minimum Gasteiger partial charge on any atom is -0.491 e. The van der Waals surface area contributed by atoms with Crippen molar-refractivity contribution in [3.05, 3.63) is 36.4 Å². The van der Waals surface area contributed by atoms with Gasteiger partial charge in [0.15, 0.2) is 0 Å². The summed E-state index contributed by atoms with van der Waals surface area (Å²) in [6, 6.07) is 5.67. The van der Waals surface area contributed by atoms with E-state index in [4.69, 9.17) is 4.74 Å². The second-order valence-corrected chi connectivity index (χ2v) is 6.54. The molecule has 0 bridgehead atoms. The number of benzene rings is 1. The van der Waals surface area contributed by atoms with E-state index in [1.807, 2.05) is 0 Å². The highest BCUT2D eigenvalue weighted by atomic mass is 16.5. The summed E-state index contributed by atoms with van der Waals surface area (Å²) < 4.78 is 5.59. The fourth-order valence-electron chi connectivity index (χ4n) is 2.54. The zero-order valence-electron chi connectivity index (χ0n) is 15.1. The fraction of sp³-hybridized carbons (Fsp3) is 0.389. The molecule has 0 saturated carbocycles. The highest BCUT2D eigenvalue weighted by Gasteiger charge is 2.50. The van der Waals surface area contributed by atoms with Gasteiger partial charge in [0.2, 0.25) is 6.41 Å². The molecule has 1 atom stereocenters. The Hall–Kier alpha value is -2.87. The maximum absolute atomic E-state index is 12.5. The third kappa shape index (κ3) is 3.70. The van der Waals surface area contributed by atoms with Gasteiger partial charge in [-0.1, -0.05) is 24.8 Å². The average molecular weight is 361 g/mol. The fourth-order valence-corrected chi connectivity index (χ4v) is 2.54. The Kier molecular flexibility index (Phi) is 5.66. The van der Waals surface area contributed by atoms with Crippen LogP contribution >= 0.6 is 0 Å². The lowest BCUT2D eigenvalue weighted by molar-refractivity contribution is -0.165. The molecular weight excluding hydrogens is 338 g/mol. The lowest BCUT2D eigenvalue weighted by Crippen LogP contribution is -2.48. The maximum Gasteiger partial charge on any atom is 0.327 e. The SMILES string of the molecule is C=Cc1ccc(OCC(CN2C(=O)N(C)C(C)(C)C2=O)N(O)C=O)cc1. The van der Waals surface area contributed by atoms with Crippen molar-refractivity contribution in [3.8, 4) is 5.75 Å². The van der Waals surface area contributed by atoms with Gasteiger partial charge in [0, 0.05) is 7.05 Å². The number of nitrogens with zero attached hydrogens (tertiary/aromatic N) is 3. The van der Waals surface area contributed by atoms with Crippen molar-refractivity contribution in [2.75, 3.05) is 20.2 Å². The molecule has 1 fully saturated rings. The van der Waals surface area contributed by atoms with E-state index in [9.17, 15) is 19.6 Å². The molecule has 8 heteroatoms. The van der Waals surface area contributed by atoms with Gasteiger partial charge in [0.05, 0.1) is 6.54 Å². The lowest BCUT2D eigenvalue weighted by atomic mass is 10.1. The van der Waals surface area contributed by atoms with E-state index < -0.39 is 23.5 Å². The Bertz CT molecular complexity index is 701. The quantitative estimate of drug-likeness (QED) is 0.329. The largest absolute Gasteiger partial charge is 0.491 e. The first kappa shape index (κ1) is 19.5. The predicted molar refractivity (Wildman–Crippen MR) is 94.5 cm³/mol. The van der Waals surface area contributed by atoms with E-state index in [0.29, 0.717) is 10.8 Å². The monoisotopic (exact) mass is 361 g/mol. The van der Waals surface area contributed by atoms with Gasteiger partial charge in [0.1, 0.15) is 23.9 Å². The van der Waals surface area contributed by atoms with Gasteiger partial charge in [-0.15, -0.1) is 0 Å². The smallest absolute Gasteiger partial charge is 0.327 e. The van der Waals surface area contributed by atoms with E-state index in [2.05, 4.69) is 6.58 Å². The van der Waals surface area contributed by atoms with Crippen LogP contribution < -0.4 is 4.74 Å². The number of carbonyl (C=O) groups is 3. The minimum absolute atomic E-state index is 0.0934. The van der Waals surface area contributed by atoms with Crippen molar-refractivity contribution in [1.29, 1.82) is 0 Å². The lowest BCUT2D eigenvalue weighted by Gasteiger charge is -2.26. The molecule has 1 unspecified atom stereocenters. The van der Waals surface area contributed by atoms with E-state index in [-0.39, 0.29) is 19.6 Å². The molecule has 4 amide bonds. The number of imide groups is 1. The summed E-state index contributed by atoms with van der Waals surface area (Å²) >= 11 is 0. The summed E-state index contributed by atoms with van der Waals surface area (Å²) in [6.45, 7) is 6.67. The van der Waals surface area contributed by atoms with Crippen LogP contribution in [-0.2, 0) is 9.59 Å². The Morgan fingerprint density at radius 2 is 1.92 bits per heavy atom. The number of hydroxylamine groups is 2. The highest BCUT2D eigenvalue weighted by Crippen LogP contribution is 2.26. The zero-order valence-corrected chi connectivity index (χ0v) is 15.1. The van der Waals surface area contributed by atoms with Crippen molar-refractivity contribution in [3.63, 3.8) is 0 Å². The van der Waals surface area contributed by atoms with E-state index in [1.54, 1.807) is 44.2 Å². The zero-order chi connectivity index (χ0) is 19.5. The average Bonchev–Trinajstić information content (AvgIpc) is 2.79. The molecule has 1 aliphatic heterocycles. The van der Waals surface area contributed by atoms with Crippen LogP contribution in [-0.4, -0.2) is 70.2 Å². The molecule has 1 heterocycles. The molecular formula is C18H23N3O5. The number of rotatable bonds is 8. The minimum atomic E-state index is -0.982. The summed E-state index contributed by atoms with van der Waals surface area (Å²) in [5.41, 5.74) is -0.0612. The van der Waals surface area contributed by atoms with Gasteiger partial charge in [0.25, 0.3) is 5.91 Å². The Morgan fingerprint density at radius 3 is 2.38 bits per heavy atom. The molecule has 26 heavy (non-hydrogen) atoms. The van der Waals surface area contributed by atoms with Crippen LogP contribution in [0.1, 0.15) is 19.4 Å². The van der Waals surface area contributed by atoms with Gasteiger partial charge in [-0.25, -0.2) is 9.86 Å². The van der Waals surface area contributed by atoms with Gasteiger partial charge < -0.3 is 9.64 Å². The van der Waals surface area contributed by atoms with Crippen molar-refractivity contribution < 1.29 is 24.3 Å². The van der Waals surface area contributed by atoms with Crippen molar-refractivity contribution >= 4 is 24.4 Å². The number of ether oxygens (including phenoxy) is 1. The first-order valence-electron chi connectivity index (χ1n) is 8.10. The van der Waals surface area contributed by atoms with E-state index in [1.165, 1.54) is 11.9 Å². The summed E-state index contributed by atoms with van der Waals surface area (Å²) in [7, 11) is 1.53. The molecule has 0 spiro atoms. The molecule has 0 radical (unpaired) electrons. The first-order chi connectivity index (χ1) is 12.2. The molecule has 1 saturated heterocycles. The van der Waals surface area contributed by atoms with Crippen LogP contribution in [0.3, 0.4) is 0 Å². The van der Waals surface area contributed by atoms with Crippen LogP contribution in [0, 0.1) is 0 Å². The third-order valence-corrected chi connectivity index (χ3v) is 4.56. The summed E-state index contributed by atoms with van der Waals surface area (Å²) in [6.07, 6.45) is 1.91. The van der Waals surface area contributed by atoms with E-state index >= 15 is 0 Å². The summed E-state index contributed by atoms with van der Waals surface area (Å²) in [4.78, 5) is 38.1. The van der Waals surface area contributed by atoms with Crippen molar-refractivity contribution in [1.82, 2.24) is 14.9 Å². The molecule has 0 aromatic heterocycles. The Morgan fingerprint density at radius 1 is 1.31 bits per heavy atom. The van der Waals surface area contributed by atoms with Crippen LogP contribution in [0.5, 0.6) is 5.75 Å². The molecule has 1 aliphatic rings. The van der Waals surface area contributed by atoms with E-state index in [0.717, 1.165) is 10.5 Å². The first-order valence-corrected chi connectivity index (χ1v) is 8.10. The van der Waals surface area contributed by atoms with Gasteiger partial charge >= 0.3 is 6.03 Å². The second-order valence-electron chi connectivity index (χ2n) is 6.54. The number of amides is 4. The summed E-state index contributed by atoms with van der Waals surface area (Å²) in [5, 5.41) is 10.2. The number of likely N-dealkylation sites (N-methyl/N-ethyl adjacent to an activating group) is 1. The van der Waals surface area contributed by atoms with Crippen LogP contribution in [0.2, 0.25) is 0 Å². The number of hydrogen-bond donors (Lipinski definition) is 1. The predicted octanol–water partition coefficient (Wildman–Crippen LogP) is 1.60.